The number of nitrogens with zero attached hydrogens (tertiary/aromatic N) is 3. The molecule has 3 nitrogen and oxygen atoms in total. The normalized spacial score (nSPS) is 13.0. The third-order valence-electron chi connectivity index (χ3n) is 9.55. The average Bonchev–Trinajstić information content (AvgIpc) is 3.66. The van der Waals surface area contributed by atoms with Crippen molar-refractivity contribution in [3.05, 3.63) is 163 Å². The van der Waals surface area contributed by atoms with Crippen LogP contribution >= 0.6 is 11.3 Å². The van der Waals surface area contributed by atoms with Crippen LogP contribution in [0, 0.1) is 0 Å². The molecule has 0 fully saturated rings. The summed E-state index contributed by atoms with van der Waals surface area (Å²) in [6.45, 7) is 4.75. The van der Waals surface area contributed by atoms with Crippen LogP contribution in [0.3, 0.4) is 0 Å². The Morgan fingerprint density at radius 1 is 0.417 bits per heavy atom. The number of fused-ring (bicyclic) bond motifs is 4. The van der Waals surface area contributed by atoms with Crippen molar-refractivity contribution in [2.24, 2.45) is 0 Å². The predicted molar refractivity (Wildman–Crippen MR) is 200 cm³/mol. The van der Waals surface area contributed by atoms with E-state index < -0.39 is 0 Å². The Morgan fingerprint density at radius 2 is 0.896 bits per heavy atom. The van der Waals surface area contributed by atoms with E-state index in [1.807, 2.05) is 47.7 Å². The second-order valence-corrected chi connectivity index (χ2v) is 13.8. The average molecular weight is 634 g/mol. The second kappa shape index (κ2) is 11.2. The van der Waals surface area contributed by atoms with Crippen LogP contribution in [-0.4, -0.2) is 15.0 Å². The predicted octanol–water partition coefficient (Wildman–Crippen LogP) is 11.7. The zero-order valence-electron chi connectivity index (χ0n) is 26.7. The molecule has 0 amide bonds. The summed E-state index contributed by atoms with van der Waals surface area (Å²) in [5, 5.41) is 2.31. The van der Waals surface area contributed by atoms with Gasteiger partial charge in [0.1, 0.15) is 0 Å². The van der Waals surface area contributed by atoms with Gasteiger partial charge in [-0.2, -0.15) is 0 Å². The molecule has 2 heterocycles. The molecule has 0 unspecified atom stereocenters. The van der Waals surface area contributed by atoms with Crippen LogP contribution in [0.4, 0.5) is 0 Å². The van der Waals surface area contributed by atoms with Gasteiger partial charge < -0.3 is 0 Å². The minimum absolute atomic E-state index is 0.145. The first-order valence-corrected chi connectivity index (χ1v) is 17.1. The highest BCUT2D eigenvalue weighted by molar-refractivity contribution is 7.20. The number of hydrogen-bond donors (Lipinski definition) is 0. The summed E-state index contributed by atoms with van der Waals surface area (Å²) in [4.78, 5) is 17.7. The van der Waals surface area contributed by atoms with Crippen molar-refractivity contribution in [3.63, 3.8) is 0 Å². The lowest BCUT2D eigenvalue weighted by atomic mass is 9.81. The molecule has 0 aliphatic heterocycles. The third kappa shape index (κ3) is 4.52. The first kappa shape index (κ1) is 28.5. The van der Waals surface area contributed by atoms with E-state index in [2.05, 4.69) is 129 Å². The van der Waals surface area contributed by atoms with Crippen LogP contribution in [0.25, 0.3) is 76.9 Å². The van der Waals surface area contributed by atoms with Gasteiger partial charge in [0.15, 0.2) is 17.5 Å². The molecule has 228 valence electrons. The standard InChI is InChI=1S/C44H31N3S/c1-44(2)36-25-15-14-24-35(36)37-38(44)40(48-39(37)28-16-6-3-7-17-28)33-26-27-34(32-23-13-12-22-31(32)33)43-46-41(29-18-8-4-9-19-29)45-42(47-43)30-20-10-5-11-21-30/h3-27H,1-2H3. The maximum absolute atomic E-state index is 5.08. The molecule has 0 saturated carbocycles. The van der Waals surface area contributed by atoms with Gasteiger partial charge in [-0.15, -0.1) is 11.3 Å². The maximum atomic E-state index is 5.08. The summed E-state index contributed by atoms with van der Waals surface area (Å²) in [5.41, 5.74) is 10.8. The molecule has 0 N–H and O–H groups in total. The molecule has 0 saturated heterocycles. The highest BCUT2D eigenvalue weighted by Gasteiger charge is 2.41. The van der Waals surface area contributed by atoms with E-state index in [4.69, 9.17) is 15.0 Å². The number of benzene rings is 6. The topological polar surface area (TPSA) is 38.7 Å². The number of thiophene rings is 1. The van der Waals surface area contributed by atoms with Gasteiger partial charge in [-0.3, -0.25) is 0 Å². The van der Waals surface area contributed by atoms with Crippen molar-refractivity contribution >= 4 is 22.1 Å². The monoisotopic (exact) mass is 633 g/mol. The summed E-state index contributed by atoms with van der Waals surface area (Å²) >= 11 is 1.91. The SMILES string of the molecule is CC1(C)c2ccccc2-c2c(-c3ccccc3)sc(-c3ccc(-c4nc(-c5ccccc5)nc(-c5ccccc5)n4)c4ccccc34)c21. The van der Waals surface area contributed by atoms with Gasteiger partial charge in [0.2, 0.25) is 0 Å². The van der Waals surface area contributed by atoms with Crippen LogP contribution < -0.4 is 0 Å². The van der Waals surface area contributed by atoms with Crippen LogP contribution in [-0.2, 0) is 5.41 Å². The molecule has 48 heavy (non-hydrogen) atoms. The van der Waals surface area contributed by atoms with Crippen LogP contribution in [0.15, 0.2) is 152 Å². The smallest absolute Gasteiger partial charge is 0.164 e. The van der Waals surface area contributed by atoms with E-state index in [0.29, 0.717) is 17.5 Å². The molecule has 0 atom stereocenters. The fourth-order valence-electron chi connectivity index (χ4n) is 7.27. The molecule has 6 aromatic carbocycles. The number of hydrogen-bond acceptors (Lipinski definition) is 4. The molecule has 4 heteroatoms. The molecular weight excluding hydrogens is 603 g/mol. The largest absolute Gasteiger partial charge is 0.208 e. The van der Waals surface area contributed by atoms with E-state index >= 15 is 0 Å². The van der Waals surface area contributed by atoms with E-state index in [-0.39, 0.29) is 5.41 Å². The van der Waals surface area contributed by atoms with Crippen LogP contribution in [0.2, 0.25) is 0 Å². The zero-order chi connectivity index (χ0) is 32.2. The van der Waals surface area contributed by atoms with E-state index in [0.717, 1.165) is 22.1 Å². The van der Waals surface area contributed by atoms with E-state index in [1.54, 1.807) is 0 Å². The third-order valence-corrected chi connectivity index (χ3v) is 10.8. The Bertz CT molecular complexity index is 2410. The van der Waals surface area contributed by atoms with Crippen molar-refractivity contribution in [3.8, 4) is 66.2 Å². The fraction of sp³-hybridized carbons (Fsp3) is 0.0682. The van der Waals surface area contributed by atoms with Crippen molar-refractivity contribution < 1.29 is 0 Å². The molecule has 9 rings (SSSR count). The Kier molecular flexibility index (Phi) is 6.66. The second-order valence-electron chi connectivity index (χ2n) is 12.8. The summed E-state index contributed by atoms with van der Waals surface area (Å²) in [5.74, 6) is 1.99. The van der Waals surface area contributed by atoms with E-state index in [1.165, 1.54) is 48.5 Å². The van der Waals surface area contributed by atoms with Crippen LogP contribution in [0.5, 0.6) is 0 Å². The lowest BCUT2D eigenvalue weighted by Gasteiger charge is -2.23. The van der Waals surface area contributed by atoms with Crippen molar-refractivity contribution in [1.29, 1.82) is 0 Å². The highest BCUT2D eigenvalue weighted by Crippen LogP contribution is 2.60. The lowest BCUT2D eigenvalue weighted by molar-refractivity contribution is 0.664. The minimum Gasteiger partial charge on any atom is -0.208 e. The van der Waals surface area contributed by atoms with Crippen molar-refractivity contribution in [2.45, 2.75) is 19.3 Å². The number of rotatable bonds is 5. The lowest BCUT2D eigenvalue weighted by Crippen LogP contribution is -2.15. The van der Waals surface area contributed by atoms with Gasteiger partial charge in [-0.25, -0.2) is 15.0 Å². The summed E-state index contributed by atoms with van der Waals surface area (Å²) in [7, 11) is 0. The first-order valence-electron chi connectivity index (χ1n) is 16.3. The Labute approximate surface area is 284 Å². The Balaban J connectivity index is 1.29. The van der Waals surface area contributed by atoms with Crippen molar-refractivity contribution in [1.82, 2.24) is 15.0 Å². The summed E-state index contributed by atoms with van der Waals surface area (Å²) < 4.78 is 0. The fourth-order valence-corrected chi connectivity index (χ4v) is 8.79. The van der Waals surface area contributed by atoms with Crippen LogP contribution in [0.1, 0.15) is 25.0 Å². The maximum Gasteiger partial charge on any atom is 0.164 e. The molecule has 8 aromatic rings. The van der Waals surface area contributed by atoms with Crippen molar-refractivity contribution in [2.75, 3.05) is 0 Å². The van der Waals surface area contributed by atoms with E-state index in [9.17, 15) is 0 Å². The van der Waals surface area contributed by atoms with Gasteiger partial charge in [0.25, 0.3) is 0 Å². The molecule has 1 aliphatic carbocycles. The van der Waals surface area contributed by atoms with Gasteiger partial charge in [-0.05, 0) is 44.7 Å². The molecule has 0 radical (unpaired) electrons. The molecule has 2 aromatic heterocycles. The van der Waals surface area contributed by atoms with Gasteiger partial charge in [-0.1, -0.05) is 159 Å². The van der Waals surface area contributed by atoms with Gasteiger partial charge >= 0.3 is 0 Å². The Hall–Kier alpha value is -5.71. The summed E-state index contributed by atoms with van der Waals surface area (Å²) in [6.07, 6.45) is 0. The zero-order valence-corrected chi connectivity index (χ0v) is 27.5. The number of aromatic nitrogens is 3. The van der Waals surface area contributed by atoms with Gasteiger partial charge in [0, 0.05) is 37.4 Å². The minimum atomic E-state index is -0.145. The molecule has 1 aliphatic rings. The Morgan fingerprint density at radius 3 is 1.52 bits per heavy atom. The highest BCUT2D eigenvalue weighted by atomic mass is 32.1. The first-order chi connectivity index (χ1) is 23.6. The summed E-state index contributed by atoms with van der Waals surface area (Å²) in [6, 6.07) is 53.3. The quantitative estimate of drug-likeness (QED) is 0.189. The molecule has 0 spiro atoms. The molecular formula is C44H31N3S. The van der Waals surface area contributed by atoms with Gasteiger partial charge in [0.05, 0.1) is 0 Å². The molecule has 0 bridgehead atoms.